The van der Waals surface area contributed by atoms with Crippen molar-refractivity contribution in [3.8, 4) is 44.5 Å². The first kappa shape index (κ1) is 29.1. The summed E-state index contributed by atoms with van der Waals surface area (Å²) < 4.78 is 6.14. The van der Waals surface area contributed by atoms with Crippen LogP contribution in [0.4, 0.5) is 17.1 Å². The van der Waals surface area contributed by atoms with Crippen molar-refractivity contribution in [1.29, 1.82) is 0 Å². The molecule has 8 aromatic rings. The normalized spacial score (nSPS) is 13.0. The fourth-order valence-electron chi connectivity index (χ4n) is 8.63. The van der Waals surface area contributed by atoms with Crippen LogP contribution in [-0.4, -0.2) is 13.3 Å². The van der Waals surface area contributed by atoms with Crippen molar-refractivity contribution < 1.29 is 0 Å². The SMILES string of the molecule is c1ccc(-c2cccc(N(c3ccc4[c](c3)[Ge]3([c]5ccccc5-c5cccc[c]53)[c]3ccccc3-4)c3ccccc3-c3ccccc3)c2)cc1. The van der Waals surface area contributed by atoms with Crippen molar-refractivity contribution >= 4 is 47.9 Å². The maximum atomic E-state index is 2.56. The zero-order valence-electron chi connectivity index (χ0n) is 27.5. The number of anilines is 3. The molecule has 0 N–H and O–H groups in total. The predicted molar refractivity (Wildman–Crippen MR) is 214 cm³/mol. The van der Waals surface area contributed by atoms with E-state index in [1.807, 2.05) is 0 Å². The molecule has 0 aromatic heterocycles. The van der Waals surface area contributed by atoms with E-state index in [-0.39, 0.29) is 0 Å². The van der Waals surface area contributed by atoms with Gasteiger partial charge in [-0.3, -0.25) is 0 Å². The molecule has 0 amide bonds. The van der Waals surface area contributed by atoms with Gasteiger partial charge in [0.1, 0.15) is 0 Å². The Hall–Kier alpha value is -5.90. The van der Waals surface area contributed by atoms with Crippen molar-refractivity contribution in [2.24, 2.45) is 0 Å². The van der Waals surface area contributed by atoms with Gasteiger partial charge >= 0.3 is 298 Å². The summed E-state index contributed by atoms with van der Waals surface area (Å²) in [5, 5.41) is 0. The fraction of sp³-hybridized carbons (Fsp3) is 0. The Morgan fingerprint density at radius 3 is 1.36 bits per heavy atom. The molecule has 0 radical (unpaired) electrons. The molecule has 1 spiro atoms. The zero-order valence-corrected chi connectivity index (χ0v) is 29.6. The van der Waals surface area contributed by atoms with Gasteiger partial charge < -0.3 is 0 Å². The first-order valence-corrected chi connectivity index (χ1v) is 21.6. The van der Waals surface area contributed by atoms with Crippen LogP contribution in [0.3, 0.4) is 0 Å². The van der Waals surface area contributed by atoms with Crippen LogP contribution in [0.1, 0.15) is 0 Å². The van der Waals surface area contributed by atoms with Crippen LogP contribution in [0, 0.1) is 0 Å². The van der Waals surface area contributed by atoms with E-state index in [4.69, 9.17) is 0 Å². The molecule has 2 heterocycles. The second-order valence-electron chi connectivity index (χ2n) is 13.3. The summed E-state index contributed by atoms with van der Waals surface area (Å²) in [4.78, 5) is 2.49. The summed E-state index contributed by atoms with van der Waals surface area (Å²) in [5.41, 5.74) is 13.9. The van der Waals surface area contributed by atoms with Crippen LogP contribution < -0.4 is 22.5 Å². The first-order valence-electron chi connectivity index (χ1n) is 17.4. The number of nitrogens with zero attached hydrogens (tertiary/aromatic N) is 1. The van der Waals surface area contributed by atoms with E-state index in [1.165, 1.54) is 54.6 Å². The molecule has 0 fully saturated rings. The summed E-state index contributed by atoms with van der Waals surface area (Å²) in [6.45, 7) is 0. The molecular weight excluding hydrogens is 663 g/mol. The van der Waals surface area contributed by atoms with Crippen molar-refractivity contribution in [1.82, 2.24) is 0 Å². The summed E-state index contributed by atoms with van der Waals surface area (Å²) in [6.07, 6.45) is 0. The van der Waals surface area contributed by atoms with Crippen LogP contribution in [0.5, 0.6) is 0 Å². The average molecular weight is 696 g/mol. The summed E-state index contributed by atoms with van der Waals surface area (Å²) in [6, 6.07) is 74.4. The van der Waals surface area contributed by atoms with Crippen molar-refractivity contribution in [2.75, 3.05) is 4.90 Å². The fourth-order valence-corrected chi connectivity index (χ4v) is 20.5. The third-order valence-corrected chi connectivity index (χ3v) is 21.1. The van der Waals surface area contributed by atoms with Gasteiger partial charge in [-0.05, 0) is 0 Å². The Kier molecular flexibility index (Phi) is 6.75. The summed E-state index contributed by atoms with van der Waals surface area (Å²) in [7, 11) is 0. The quantitative estimate of drug-likeness (QED) is 0.162. The number of para-hydroxylation sites is 1. The molecule has 0 aliphatic carbocycles. The summed E-state index contributed by atoms with van der Waals surface area (Å²) >= 11 is -3.36. The number of hydrogen-bond donors (Lipinski definition) is 0. The van der Waals surface area contributed by atoms with Gasteiger partial charge in [-0.1, -0.05) is 0 Å². The Bertz CT molecular complexity index is 2490. The van der Waals surface area contributed by atoms with Crippen LogP contribution in [0.2, 0.25) is 0 Å². The molecule has 234 valence electrons. The zero-order chi connectivity index (χ0) is 33.1. The van der Waals surface area contributed by atoms with Crippen molar-refractivity contribution in [3.63, 3.8) is 0 Å². The van der Waals surface area contributed by atoms with E-state index >= 15 is 0 Å². The average Bonchev–Trinajstić information content (AvgIpc) is 3.66. The molecular formula is C48H33GeN. The third kappa shape index (κ3) is 4.27. The van der Waals surface area contributed by atoms with Crippen LogP contribution >= 0.6 is 0 Å². The molecule has 1 nitrogen and oxygen atoms in total. The van der Waals surface area contributed by atoms with E-state index in [1.54, 1.807) is 13.2 Å². The Balaban J connectivity index is 1.26. The molecule has 10 rings (SSSR count). The van der Waals surface area contributed by atoms with Gasteiger partial charge in [0.2, 0.25) is 0 Å². The Morgan fingerprint density at radius 2 is 0.740 bits per heavy atom. The van der Waals surface area contributed by atoms with Gasteiger partial charge in [0.05, 0.1) is 0 Å². The van der Waals surface area contributed by atoms with E-state index in [0.717, 1.165) is 11.4 Å². The number of rotatable bonds is 5. The topological polar surface area (TPSA) is 3.24 Å². The molecule has 2 aliphatic heterocycles. The minimum atomic E-state index is -3.36. The molecule has 2 aliphatic rings. The second-order valence-corrected chi connectivity index (χ2v) is 20.9. The Labute approximate surface area is 296 Å². The third-order valence-electron chi connectivity index (χ3n) is 10.7. The molecule has 8 aromatic carbocycles. The number of hydrogen-bond acceptors (Lipinski definition) is 1. The van der Waals surface area contributed by atoms with Gasteiger partial charge in [0.25, 0.3) is 0 Å². The van der Waals surface area contributed by atoms with Crippen LogP contribution in [-0.2, 0) is 0 Å². The molecule has 0 atom stereocenters. The second kappa shape index (κ2) is 11.6. The van der Waals surface area contributed by atoms with E-state index < -0.39 is 13.3 Å². The van der Waals surface area contributed by atoms with Gasteiger partial charge in [-0.2, -0.15) is 0 Å². The van der Waals surface area contributed by atoms with Gasteiger partial charge in [-0.15, -0.1) is 0 Å². The minimum absolute atomic E-state index is 1.14. The van der Waals surface area contributed by atoms with E-state index in [9.17, 15) is 0 Å². The first-order chi connectivity index (χ1) is 24.8. The van der Waals surface area contributed by atoms with Crippen molar-refractivity contribution in [3.05, 3.63) is 200 Å². The van der Waals surface area contributed by atoms with Crippen LogP contribution in [0.25, 0.3) is 44.5 Å². The number of fused-ring (bicyclic) bond motifs is 10. The molecule has 50 heavy (non-hydrogen) atoms. The van der Waals surface area contributed by atoms with Gasteiger partial charge in [-0.25, -0.2) is 0 Å². The van der Waals surface area contributed by atoms with Crippen LogP contribution in [0.15, 0.2) is 200 Å². The summed E-state index contributed by atoms with van der Waals surface area (Å²) in [5.74, 6) is 0. The standard InChI is InChI=1S/C48H33GeN/c1-3-16-34(17-4-1)36-20-15-21-37(32-36)50(48-29-14-10-22-39(48)35-18-5-2-6-19-35)38-30-31-43-42-25-9-13-28-46(42)49(47(43)33-38)44-26-11-7-23-40(44)41-24-8-12-27-45(41)49/h1-33H. The van der Waals surface area contributed by atoms with Gasteiger partial charge in [0, 0.05) is 0 Å². The molecule has 0 bridgehead atoms. The number of benzene rings is 8. The molecule has 2 heteroatoms. The molecule has 0 saturated heterocycles. The molecule has 0 unspecified atom stereocenters. The monoisotopic (exact) mass is 697 g/mol. The Morgan fingerprint density at radius 1 is 0.280 bits per heavy atom. The molecule has 0 saturated carbocycles. The van der Waals surface area contributed by atoms with E-state index in [2.05, 4.69) is 205 Å². The van der Waals surface area contributed by atoms with Gasteiger partial charge in [0.15, 0.2) is 0 Å². The predicted octanol–water partition coefficient (Wildman–Crippen LogP) is 9.83. The van der Waals surface area contributed by atoms with Crippen molar-refractivity contribution in [2.45, 2.75) is 0 Å². The maximum absolute atomic E-state index is 3.36. The van der Waals surface area contributed by atoms with E-state index in [0.29, 0.717) is 0 Å².